The van der Waals surface area contributed by atoms with Crippen LogP contribution >= 0.6 is 0 Å². The number of H-pyrrole nitrogens is 1. The molecular weight excluding hydrogens is 900 g/mol. The first kappa shape index (κ1) is 45.9. The van der Waals surface area contributed by atoms with E-state index in [-0.39, 0.29) is 17.1 Å². The number of ether oxygens (including phenoxy) is 3. The highest BCUT2D eigenvalue weighted by molar-refractivity contribution is 7.87. The smallest absolute Gasteiger partial charge is 0.358 e. The van der Waals surface area contributed by atoms with Crippen LogP contribution in [0.4, 0.5) is 19.1 Å². The molecule has 2 N–H and O–H groups in total. The predicted molar refractivity (Wildman–Crippen MR) is 245 cm³/mol. The molecule has 1 amide bonds. The molecule has 1 saturated heterocycles. The number of aromatic nitrogens is 4. The van der Waals surface area contributed by atoms with E-state index in [4.69, 9.17) is 18.4 Å². The molecule has 8 aromatic rings. The molecule has 0 radical (unpaired) electrons. The number of nitrogens with one attached hydrogen (secondary N) is 2. The summed E-state index contributed by atoms with van der Waals surface area (Å²) in [5.41, 5.74) is -6.84. The van der Waals surface area contributed by atoms with E-state index in [1.807, 2.05) is 91.0 Å². The first-order valence-corrected chi connectivity index (χ1v) is 22.8. The average Bonchev–Trinajstić information content (AvgIpc) is 3.92. The molecule has 13 nitrogen and oxygen atoms in total. The minimum atomic E-state index is -6.45. The molecule has 2 aromatic heterocycles. The van der Waals surface area contributed by atoms with E-state index >= 15 is 0 Å². The molecule has 68 heavy (non-hydrogen) atoms. The standard InChI is InChI=1S/C51H42F3N5O8S/c1-34(60)56-48-57-45-42(46(61)58-48)55-33-59(45)47-44(67-68(62,63)51(52,53)54)43(66-50(38-26-14-5-15-27-38,39-28-16-6-17-29-39)40-30-18-7-19-31-40)41(65-47)32-64-49(35-20-8-2-9-21-35,36-22-10-3-11-23-36)37-24-12-4-13-25-37/h2-31,33,41,43-44,47H,32H2,1H3,(H2,56,57,58,60,61)/t41-,43-,44-,47-/m1/s1. The summed E-state index contributed by atoms with van der Waals surface area (Å²) in [5, 5.41) is 2.39. The van der Waals surface area contributed by atoms with Crippen molar-refractivity contribution < 1.29 is 44.8 Å². The van der Waals surface area contributed by atoms with Crippen LogP contribution in [0.2, 0.25) is 0 Å². The molecule has 1 aliphatic heterocycles. The molecule has 9 rings (SSSR count). The van der Waals surface area contributed by atoms with Crippen molar-refractivity contribution in [3.05, 3.63) is 232 Å². The van der Waals surface area contributed by atoms with Crippen molar-refractivity contribution in [3.63, 3.8) is 0 Å². The lowest BCUT2D eigenvalue weighted by molar-refractivity contribution is -0.131. The number of carbonyl (C=O) groups is 1. The number of carbonyl (C=O) groups excluding carboxylic acids is 1. The van der Waals surface area contributed by atoms with Crippen LogP contribution in [0.5, 0.6) is 0 Å². The van der Waals surface area contributed by atoms with Crippen molar-refractivity contribution in [2.45, 2.75) is 48.2 Å². The van der Waals surface area contributed by atoms with Crippen LogP contribution in [0.3, 0.4) is 0 Å². The summed E-state index contributed by atoms with van der Waals surface area (Å²) in [6.45, 7) is 0.705. The molecule has 0 unspecified atom stereocenters. The Balaban J connectivity index is 1.30. The van der Waals surface area contributed by atoms with Crippen LogP contribution in [0.15, 0.2) is 193 Å². The highest BCUT2D eigenvalue weighted by Gasteiger charge is 2.58. The van der Waals surface area contributed by atoms with Gasteiger partial charge in [0.25, 0.3) is 5.56 Å². The fraction of sp³-hybridized carbons (Fsp3) is 0.176. The summed E-state index contributed by atoms with van der Waals surface area (Å²) in [7, 11) is -6.45. The second kappa shape index (κ2) is 18.8. The van der Waals surface area contributed by atoms with Gasteiger partial charge in [0.1, 0.15) is 23.4 Å². The molecule has 0 bridgehead atoms. The van der Waals surface area contributed by atoms with Crippen molar-refractivity contribution in [2.24, 2.45) is 0 Å². The Kier molecular flexibility index (Phi) is 12.7. The molecule has 0 spiro atoms. The lowest BCUT2D eigenvalue weighted by Crippen LogP contribution is -2.48. The minimum Gasteiger partial charge on any atom is -0.358 e. The summed E-state index contributed by atoms with van der Waals surface area (Å²) in [5.74, 6) is -0.922. The molecule has 346 valence electrons. The summed E-state index contributed by atoms with van der Waals surface area (Å²) >= 11 is 0. The van der Waals surface area contributed by atoms with Gasteiger partial charge in [-0.3, -0.25) is 28.6 Å². The normalized spacial score (nSPS) is 17.8. The molecule has 1 fully saturated rings. The van der Waals surface area contributed by atoms with E-state index < -0.39 is 69.4 Å². The lowest BCUT2D eigenvalue weighted by Gasteiger charge is -2.41. The van der Waals surface area contributed by atoms with Crippen LogP contribution in [0, 0.1) is 0 Å². The van der Waals surface area contributed by atoms with Crippen LogP contribution in [-0.2, 0) is 44.5 Å². The van der Waals surface area contributed by atoms with E-state index in [0.29, 0.717) is 33.4 Å². The second-order valence-corrected chi connectivity index (χ2v) is 17.5. The van der Waals surface area contributed by atoms with Crippen molar-refractivity contribution in [2.75, 3.05) is 11.9 Å². The predicted octanol–water partition coefficient (Wildman–Crippen LogP) is 8.60. The first-order valence-electron chi connectivity index (χ1n) is 21.4. The van der Waals surface area contributed by atoms with Gasteiger partial charge in [0.15, 0.2) is 23.5 Å². The number of amides is 1. The summed E-state index contributed by atoms with van der Waals surface area (Å²) in [4.78, 5) is 36.5. The SMILES string of the molecule is CC(=O)Nc1nc2c(ncn2[C@@H]2O[C@H](COC(c3ccccc3)(c3ccccc3)c3ccccc3)[C@@H](OC(c3ccccc3)(c3ccccc3)c3ccccc3)[C@H]2OS(=O)(=O)C(F)(F)F)c(=O)[nH]1. The topological polar surface area (TPSA) is 164 Å². The molecular formula is C51H42F3N5O8S. The Bertz CT molecular complexity index is 2970. The third-order valence-corrected chi connectivity index (χ3v) is 12.7. The van der Waals surface area contributed by atoms with Gasteiger partial charge in [-0.1, -0.05) is 182 Å². The average molecular weight is 942 g/mol. The maximum Gasteiger partial charge on any atom is 0.523 e. The second-order valence-electron chi connectivity index (χ2n) is 15.9. The monoisotopic (exact) mass is 941 g/mol. The van der Waals surface area contributed by atoms with E-state index in [1.165, 1.54) is 6.92 Å². The maximum absolute atomic E-state index is 14.7. The molecule has 0 aliphatic carbocycles. The Hall–Kier alpha value is -7.28. The Labute approximate surface area is 388 Å². The number of hydrogen-bond donors (Lipinski definition) is 2. The molecule has 0 saturated carbocycles. The molecule has 4 atom stereocenters. The zero-order valence-corrected chi connectivity index (χ0v) is 36.9. The quantitative estimate of drug-likeness (QED) is 0.0578. The number of nitrogens with zero attached hydrogens (tertiary/aromatic N) is 3. The number of halogens is 3. The lowest BCUT2D eigenvalue weighted by atomic mass is 9.79. The number of rotatable bonds is 15. The van der Waals surface area contributed by atoms with Crippen molar-refractivity contribution in [1.82, 2.24) is 19.5 Å². The summed E-state index contributed by atoms with van der Waals surface area (Å²) in [6, 6.07) is 54.7. The van der Waals surface area contributed by atoms with E-state index in [9.17, 15) is 31.2 Å². The highest BCUT2D eigenvalue weighted by atomic mass is 32.2. The van der Waals surface area contributed by atoms with Gasteiger partial charge in [-0.15, -0.1) is 0 Å². The van der Waals surface area contributed by atoms with Gasteiger partial charge < -0.3 is 14.2 Å². The summed E-state index contributed by atoms with van der Waals surface area (Å²) < 4.78 is 99.0. The van der Waals surface area contributed by atoms with Gasteiger partial charge in [0.2, 0.25) is 11.9 Å². The van der Waals surface area contributed by atoms with Crippen LogP contribution < -0.4 is 10.9 Å². The Morgan fingerprint density at radius 2 is 1.09 bits per heavy atom. The van der Waals surface area contributed by atoms with Crippen molar-refractivity contribution in [3.8, 4) is 0 Å². The van der Waals surface area contributed by atoms with Gasteiger partial charge >= 0.3 is 15.6 Å². The maximum atomic E-state index is 14.7. The third kappa shape index (κ3) is 8.61. The minimum absolute atomic E-state index is 0.284. The molecule has 3 heterocycles. The van der Waals surface area contributed by atoms with Crippen molar-refractivity contribution in [1.29, 1.82) is 0 Å². The van der Waals surface area contributed by atoms with Crippen molar-refractivity contribution >= 4 is 33.1 Å². The zero-order valence-electron chi connectivity index (χ0n) is 36.1. The van der Waals surface area contributed by atoms with Gasteiger partial charge in [0, 0.05) is 6.92 Å². The molecule has 1 aliphatic rings. The number of fused-ring (bicyclic) bond motifs is 1. The zero-order chi connectivity index (χ0) is 47.5. The number of aromatic amines is 1. The first-order chi connectivity index (χ1) is 32.8. The fourth-order valence-corrected chi connectivity index (χ4v) is 9.36. The van der Waals surface area contributed by atoms with Gasteiger partial charge in [-0.2, -0.15) is 26.6 Å². The van der Waals surface area contributed by atoms with E-state index in [2.05, 4.69) is 20.3 Å². The van der Waals surface area contributed by atoms with Gasteiger partial charge in [-0.05, 0) is 33.4 Å². The number of benzene rings is 6. The fourth-order valence-electron chi connectivity index (χ4n) is 8.75. The number of imidazole rings is 1. The Morgan fingerprint density at radius 3 is 1.49 bits per heavy atom. The third-order valence-electron chi connectivity index (χ3n) is 11.7. The number of hydrogen-bond acceptors (Lipinski definition) is 10. The highest BCUT2D eigenvalue weighted by Crippen LogP contribution is 2.48. The largest absolute Gasteiger partial charge is 0.523 e. The molecule has 6 aromatic carbocycles. The number of anilines is 1. The Morgan fingerprint density at radius 1 is 0.676 bits per heavy atom. The van der Waals surface area contributed by atoms with Crippen LogP contribution in [-0.4, -0.2) is 64.3 Å². The van der Waals surface area contributed by atoms with Gasteiger partial charge in [0.05, 0.1) is 12.9 Å². The number of alkyl halides is 3. The summed E-state index contributed by atoms with van der Waals surface area (Å²) in [6.07, 6.45) is -6.25. The van der Waals surface area contributed by atoms with E-state index in [0.717, 1.165) is 10.9 Å². The van der Waals surface area contributed by atoms with Gasteiger partial charge in [-0.25, -0.2) is 4.98 Å². The molecule has 17 heteroatoms. The van der Waals surface area contributed by atoms with E-state index in [1.54, 1.807) is 91.0 Å². The van der Waals surface area contributed by atoms with Crippen LogP contribution in [0.1, 0.15) is 46.5 Å². The van der Waals surface area contributed by atoms with Crippen LogP contribution in [0.25, 0.3) is 11.2 Å².